The molecule has 0 amide bonds. The van der Waals surface area contributed by atoms with Crippen LogP contribution in [0, 0.1) is 0 Å². The van der Waals surface area contributed by atoms with Crippen LogP contribution >= 0.6 is 0 Å². The Hall–Kier alpha value is -3.65. The minimum atomic E-state index is -0.509. The molecule has 1 aromatic carbocycles. The molecule has 3 N–H and O–H groups in total. The lowest BCUT2D eigenvalue weighted by molar-refractivity contribution is 0.361. The molecule has 0 radical (unpaired) electrons. The summed E-state index contributed by atoms with van der Waals surface area (Å²) in [5.41, 5.74) is 1.41. The molecule has 1 fully saturated rings. The fourth-order valence-corrected chi connectivity index (χ4v) is 4.05. The number of fused-ring (bicyclic) bond motifs is 1. The van der Waals surface area contributed by atoms with Crippen LogP contribution in [0.4, 0.5) is 11.5 Å². The first kappa shape index (κ1) is 20.3. The number of aromatic nitrogens is 2. The van der Waals surface area contributed by atoms with E-state index >= 15 is 0 Å². The molecule has 164 valence electrons. The van der Waals surface area contributed by atoms with Crippen LogP contribution in [0.1, 0.15) is 6.92 Å². The zero-order valence-electron chi connectivity index (χ0n) is 18.4. The van der Waals surface area contributed by atoms with Gasteiger partial charge in [0.15, 0.2) is 0 Å². The highest BCUT2D eigenvalue weighted by Gasteiger charge is 2.29. The average molecular weight is 429 g/mol. The third-order valence-corrected chi connectivity index (χ3v) is 5.94. The van der Waals surface area contributed by atoms with Crippen molar-refractivity contribution >= 4 is 28.4 Å². The molecule has 5 rings (SSSR count). The van der Waals surface area contributed by atoms with Gasteiger partial charge in [0, 0.05) is 37.8 Å². The van der Waals surface area contributed by atoms with Gasteiger partial charge in [-0.3, -0.25) is 10.3 Å². The lowest BCUT2D eigenvalue weighted by Gasteiger charge is -2.40. The number of hydrogen-bond donors (Lipinski definition) is 3. The monoisotopic (exact) mass is 428 g/mol. The maximum absolute atomic E-state index is 4.95. The van der Waals surface area contributed by atoms with Gasteiger partial charge in [-0.05, 0) is 44.3 Å². The molecule has 1 atom stereocenters. The number of guanidine groups is 1. The Bertz CT molecular complexity index is 1150. The minimum Gasteiger partial charge on any atom is -0.353 e. The van der Waals surface area contributed by atoms with Gasteiger partial charge in [-0.2, -0.15) is 0 Å². The molecule has 0 saturated carbocycles. The van der Waals surface area contributed by atoms with Gasteiger partial charge in [-0.1, -0.05) is 24.3 Å². The van der Waals surface area contributed by atoms with E-state index in [0.717, 1.165) is 60.4 Å². The maximum Gasteiger partial charge on any atom is 0.201 e. The molecule has 0 spiro atoms. The summed E-state index contributed by atoms with van der Waals surface area (Å²) in [6.07, 6.45) is 5.77. The zero-order valence-corrected chi connectivity index (χ0v) is 18.4. The van der Waals surface area contributed by atoms with Crippen LogP contribution in [0.2, 0.25) is 0 Å². The topological polar surface area (TPSA) is 80.7 Å². The number of rotatable bonds is 4. The molecule has 3 aromatic rings. The van der Waals surface area contributed by atoms with Gasteiger partial charge in [-0.15, -0.1) is 0 Å². The fourth-order valence-electron chi connectivity index (χ4n) is 4.05. The maximum atomic E-state index is 4.95. The summed E-state index contributed by atoms with van der Waals surface area (Å²) >= 11 is 0. The lowest BCUT2D eigenvalue weighted by atomic mass is 10.1. The predicted octanol–water partition coefficient (Wildman–Crippen LogP) is 2.60. The first-order chi connectivity index (χ1) is 15.6. The normalized spacial score (nSPS) is 21.1. The Morgan fingerprint density at radius 3 is 2.53 bits per heavy atom. The highest BCUT2D eigenvalue weighted by atomic mass is 15.4. The molecule has 0 bridgehead atoms. The number of nitrogens with zero attached hydrogens (tertiary/aromatic N) is 5. The van der Waals surface area contributed by atoms with Crippen molar-refractivity contribution in [1.29, 1.82) is 0 Å². The molecule has 2 aromatic heterocycles. The largest absolute Gasteiger partial charge is 0.353 e. The van der Waals surface area contributed by atoms with Crippen molar-refractivity contribution < 1.29 is 0 Å². The Labute approximate surface area is 188 Å². The minimum absolute atomic E-state index is 0.509. The third kappa shape index (κ3) is 4.22. The fraction of sp³-hybridized carbons (Fsp3) is 0.292. The summed E-state index contributed by atoms with van der Waals surface area (Å²) < 4.78 is 0. The Balaban J connectivity index is 1.31. The van der Waals surface area contributed by atoms with Crippen LogP contribution in [0.15, 0.2) is 77.8 Å². The van der Waals surface area contributed by atoms with E-state index in [4.69, 9.17) is 4.99 Å². The number of hydrogen-bond acceptors (Lipinski definition) is 8. The summed E-state index contributed by atoms with van der Waals surface area (Å²) in [6, 6.07) is 16.3. The molecule has 1 saturated heterocycles. The van der Waals surface area contributed by atoms with Gasteiger partial charge >= 0.3 is 0 Å². The third-order valence-electron chi connectivity index (χ3n) is 5.94. The number of benzene rings is 1. The first-order valence-corrected chi connectivity index (χ1v) is 10.9. The van der Waals surface area contributed by atoms with E-state index in [1.165, 1.54) is 0 Å². The van der Waals surface area contributed by atoms with E-state index in [-0.39, 0.29) is 0 Å². The average Bonchev–Trinajstić information content (AvgIpc) is 2.84. The summed E-state index contributed by atoms with van der Waals surface area (Å²) in [7, 11) is 1.93. The molecular weight excluding hydrogens is 400 g/mol. The second-order valence-electron chi connectivity index (χ2n) is 8.22. The molecule has 2 aliphatic heterocycles. The van der Waals surface area contributed by atoms with Gasteiger partial charge in [0.2, 0.25) is 5.96 Å². The van der Waals surface area contributed by atoms with E-state index in [9.17, 15) is 0 Å². The van der Waals surface area contributed by atoms with Crippen molar-refractivity contribution in [3.8, 4) is 0 Å². The Morgan fingerprint density at radius 1 is 0.969 bits per heavy atom. The van der Waals surface area contributed by atoms with E-state index in [1.807, 2.05) is 49.8 Å². The second-order valence-corrected chi connectivity index (χ2v) is 8.22. The summed E-state index contributed by atoms with van der Waals surface area (Å²) in [5, 5.41) is 11.4. The predicted molar refractivity (Wildman–Crippen MR) is 130 cm³/mol. The van der Waals surface area contributed by atoms with Gasteiger partial charge in [0.25, 0.3) is 0 Å². The molecule has 8 nitrogen and oxygen atoms in total. The summed E-state index contributed by atoms with van der Waals surface area (Å²) in [5.74, 6) is 2.77. The molecule has 32 heavy (non-hydrogen) atoms. The molecule has 2 aliphatic rings. The Kier molecular flexibility index (Phi) is 5.36. The molecule has 8 heteroatoms. The highest BCUT2D eigenvalue weighted by molar-refractivity contribution is 5.85. The second kappa shape index (κ2) is 8.47. The molecule has 1 unspecified atom stereocenters. The Morgan fingerprint density at radius 2 is 1.75 bits per heavy atom. The summed E-state index contributed by atoms with van der Waals surface area (Å²) in [4.78, 5) is 18.6. The SMILES string of the molecule is CNC1(C)C=C(Nc2cnc3ccccc3c2)NC(N2CCN(c3ccccn3)CC2)=N1. The number of likely N-dealkylation sites (N-methyl/N-ethyl adjacent to an activating group) is 1. The molecule has 4 heterocycles. The van der Waals surface area contributed by atoms with Crippen LogP contribution in [-0.4, -0.2) is 59.7 Å². The van der Waals surface area contributed by atoms with Crippen molar-refractivity contribution in [3.05, 3.63) is 72.8 Å². The quantitative estimate of drug-likeness (QED) is 0.589. The van der Waals surface area contributed by atoms with Crippen LogP contribution in [0.5, 0.6) is 0 Å². The summed E-state index contributed by atoms with van der Waals surface area (Å²) in [6.45, 7) is 5.60. The van der Waals surface area contributed by atoms with Crippen molar-refractivity contribution in [2.75, 3.05) is 43.4 Å². The van der Waals surface area contributed by atoms with Crippen molar-refractivity contribution in [2.24, 2.45) is 4.99 Å². The number of nitrogens with one attached hydrogen (secondary N) is 3. The standard InChI is InChI=1S/C24H28N8/c1-24(25-2)16-21(28-19-15-18-7-3-4-8-20(18)27-17-19)29-23(30-24)32-13-11-31(12-14-32)22-9-5-6-10-26-22/h3-10,15-17,25,28H,11-14H2,1-2H3,(H,29,30). The highest BCUT2D eigenvalue weighted by Crippen LogP contribution is 2.21. The zero-order chi connectivity index (χ0) is 22.0. The van der Waals surface area contributed by atoms with Gasteiger partial charge in [-0.25, -0.2) is 9.98 Å². The van der Waals surface area contributed by atoms with Crippen molar-refractivity contribution in [1.82, 2.24) is 25.5 Å². The van der Waals surface area contributed by atoms with Crippen molar-refractivity contribution in [3.63, 3.8) is 0 Å². The van der Waals surface area contributed by atoms with Gasteiger partial charge in [0.1, 0.15) is 17.3 Å². The number of piperazine rings is 1. The molecule has 0 aliphatic carbocycles. The van der Waals surface area contributed by atoms with Gasteiger partial charge in [0.05, 0.1) is 17.4 Å². The number of anilines is 2. The number of aliphatic imine (C=N–C) groups is 1. The number of para-hydroxylation sites is 1. The van der Waals surface area contributed by atoms with Crippen LogP contribution in [-0.2, 0) is 0 Å². The van der Waals surface area contributed by atoms with E-state index in [0.29, 0.717) is 0 Å². The number of pyridine rings is 2. The van der Waals surface area contributed by atoms with Crippen LogP contribution in [0.25, 0.3) is 10.9 Å². The van der Waals surface area contributed by atoms with E-state index in [1.54, 1.807) is 0 Å². The molecular formula is C24H28N8. The van der Waals surface area contributed by atoms with Gasteiger partial charge < -0.3 is 20.4 Å². The van der Waals surface area contributed by atoms with Crippen LogP contribution in [0.3, 0.4) is 0 Å². The smallest absolute Gasteiger partial charge is 0.201 e. The van der Waals surface area contributed by atoms with Crippen LogP contribution < -0.4 is 20.9 Å². The van der Waals surface area contributed by atoms with Crippen molar-refractivity contribution in [2.45, 2.75) is 12.6 Å². The van der Waals surface area contributed by atoms with E-state index in [2.05, 4.69) is 66.9 Å². The van der Waals surface area contributed by atoms with E-state index < -0.39 is 5.66 Å². The lowest BCUT2D eigenvalue weighted by Crippen LogP contribution is -2.56. The first-order valence-electron chi connectivity index (χ1n) is 10.9.